The lowest BCUT2D eigenvalue weighted by Crippen LogP contribution is -2.51. The van der Waals surface area contributed by atoms with Gasteiger partial charge in [0.2, 0.25) is 5.91 Å². The second kappa shape index (κ2) is 10.5. The van der Waals surface area contributed by atoms with Crippen molar-refractivity contribution in [3.63, 3.8) is 0 Å². The van der Waals surface area contributed by atoms with Crippen LogP contribution in [0.3, 0.4) is 0 Å². The number of carbonyl (C=O) groups excluding carboxylic acids is 2. The molecule has 0 spiro atoms. The van der Waals surface area contributed by atoms with Gasteiger partial charge in [0.15, 0.2) is 0 Å². The highest BCUT2D eigenvalue weighted by molar-refractivity contribution is 5.98. The molecule has 1 saturated carbocycles. The second-order valence-electron chi connectivity index (χ2n) is 11.4. The van der Waals surface area contributed by atoms with Crippen molar-refractivity contribution in [2.75, 3.05) is 13.6 Å². The Kier molecular flexibility index (Phi) is 8.20. The third-order valence-electron chi connectivity index (χ3n) is 7.70. The van der Waals surface area contributed by atoms with Gasteiger partial charge < -0.3 is 15.1 Å². The summed E-state index contributed by atoms with van der Waals surface area (Å²) in [5.41, 5.74) is 1.31. The van der Waals surface area contributed by atoms with Crippen molar-refractivity contribution in [3.05, 3.63) is 29.6 Å². The van der Waals surface area contributed by atoms with Crippen LogP contribution in [0.5, 0.6) is 0 Å². The summed E-state index contributed by atoms with van der Waals surface area (Å²) in [5.74, 6) is 0.439. The lowest BCUT2D eigenvalue weighted by Gasteiger charge is -2.44. The minimum absolute atomic E-state index is 0.0928. The normalized spacial score (nSPS) is 26.3. The Morgan fingerprint density at radius 3 is 2.64 bits per heavy atom. The van der Waals surface area contributed by atoms with Gasteiger partial charge >= 0.3 is 0 Å². The van der Waals surface area contributed by atoms with Crippen LogP contribution in [-0.2, 0) is 10.2 Å². The standard InChI is InChI=1S/C27H44N4O2/c1-8-9-19-16-21(30(7)18(2)3)10-11-23(19)31-15-13-22(26(31)33)29-25(32)20-12-14-28-24(17-20)27(4,5)6/h12,14,17-19,21-23H,8-11,13,15-16H2,1-7H3,(H,29,32)/t19-,21+,22-,23-/m0/s1. The molecule has 0 radical (unpaired) electrons. The van der Waals surface area contributed by atoms with Crippen LogP contribution in [0.2, 0.25) is 0 Å². The smallest absolute Gasteiger partial charge is 0.252 e. The Balaban J connectivity index is 1.66. The van der Waals surface area contributed by atoms with Crippen molar-refractivity contribution in [1.29, 1.82) is 0 Å². The van der Waals surface area contributed by atoms with Gasteiger partial charge in [-0.2, -0.15) is 0 Å². The van der Waals surface area contributed by atoms with Gasteiger partial charge in [0.1, 0.15) is 6.04 Å². The predicted molar refractivity (Wildman–Crippen MR) is 133 cm³/mol. The average Bonchev–Trinajstić information content (AvgIpc) is 3.12. The lowest BCUT2D eigenvalue weighted by molar-refractivity contribution is -0.133. The molecule has 1 aliphatic carbocycles. The third kappa shape index (κ3) is 5.95. The summed E-state index contributed by atoms with van der Waals surface area (Å²) in [6, 6.07) is 4.57. The van der Waals surface area contributed by atoms with Crippen LogP contribution in [-0.4, -0.2) is 64.4 Å². The maximum Gasteiger partial charge on any atom is 0.252 e. The van der Waals surface area contributed by atoms with Gasteiger partial charge in [-0.25, -0.2) is 0 Å². The minimum atomic E-state index is -0.429. The molecule has 2 fully saturated rings. The molecule has 0 aromatic carbocycles. The number of rotatable bonds is 7. The van der Waals surface area contributed by atoms with Crippen LogP contribution in [0.15, 0.2) is 18.3 Å². The van der Waals surface area contributed by atoms with Crippen molar-refractivity contribution in [2.45, 2.75) is 110 Å². The van der Waals surface area contributed by atoms with E-state index in [-0.39, 0.29) is 17.2 Å². The Morgan fingerprint density at radius 2 is 2.00 bits per heavy atom. The molecule has 0 bridgehead atoms. The van der Waals surface area contributed by atoms with Crippen molar-refractivity contribution >= 4 is 11.8 Å². The molecule has 6 heteroatoms. The van der Waals surface area contributed by atoms with Gasteiger partial charge in [-0.05, 0) is 71.0 Å². The van der Waals surface area contributed by atoms with Crippen LogP contribution >= 0.6 is 0 Å². The van der Waals surface area contributed by atoms with Gasteiger partial charge in [0, 0.05) is 47.5 Å². The molecule has 1 saturated heterocycles. The van der Waals surface area contributed by atoms with Crippen LogP contribution in [0, 0.1) is 5.92 Å². The van der Waals surface area contributed by atoms with Crippen LogP contribution < -0.4 is 5.32 Å². The van der Waals surface area contributed by atoms with Gasteiger partial charge in [-0.15, -0.1) is 0 Å². The molecule has 1 N–H and O–H groups in total. The zero-order chi connectivity index (χ0) is 24.3. The number of carbonyl (C=O) groups is 2. The van der Waals surface area contributed by atoms with Crippen LogP contribution in [0.4, 0.5) is 0 Å². The molecule has 0 unspecified atom stereocenters. The number of nitrogens with zero attached hydrogens (tertiary/aromatic N) is 3. The highest BCUT2D eigenvalue weighted by atomic mass is 16.2. The van der Waals surface area contributed by atoms with Gasteiger partial charge in [0.05, 0.1) is 0 Å². The van der Waals surface area contributed by atoms with Crippen molar-refractivity contribution < 1.29 is 9.59 Å². The molecule has 2 amide bonds. The number of hydrogen-bond acceptors (Lipinski definition) is 4. The third-order valence-corrected chi connectivity index (χ3v) is 7.70. The van der Waals surface area contributed by atoms with Crippen molar-refractivity contribution in [2.24, 2.45) is 5.92 Å². The van der Waals surface area contributed by atoms with E-state index in [2.05, 4.69) is 68.7 Å². The van der Waals surface area contributed by atoms with E-state index in [0.29, 0.717) is 36.0 Å². The zero-order valence-electron chi connectivity index (χ0n) is 21.7. The van der Waals surface area contributed by atoms with E-state index < -0.39 is 6.04 Å². The first-order chi connectivity index (χ1) is 15.5. The van der Waals surface area contributed by atoms with Gasteiger partial charge in [-0.3, -0.25) is 14.6 Å². The van der Waals surface area contributed by atoms with E-state index in [0.717, 1.165) is 44.3 Å². The highest BCUT2D eigenvalue weighted by Crippen LogP contribution is 2.36. The second-order valence-corrected chi connectivity index (χ2v) is 11.4. The molecular weight excluding hydrogens is 412 g/mol. The highest BCUT2D eigenvalue weighted by Gasteiger charge is 2.42. The Labute approximate surface area is 200 Å². The summed E-state index contributed by atoms with van der Waals surface area (Å²) in [5, 5.41) is 3.02. The topological polar surface area (TPSA) is 65.5 Å². The van der Waals surface area contributed by atoms with E-state index in [1.807, 2.05) is 6.07 Å². The number of aromatic nitrogens is 1. The SMILES string of the molecule is CCC[C@H]1C[C@H](N(C)C(C)C)CC[C@@H]1N1CC[C@H](NC(=O)c2ccnc(C(C)(C)C)c2)C1=O. The number of amides is 2. The summed E-state index contributed by atoms with van der Waals surface area (Å²) in [4.78, 5) is 35.3. The monoisotopic (exact) mass is 456 g/mol. The molecular formula is C27H44N4O2. The summed E-state index contributed by atoms with van der Waals surface area (Å²) in [6.07, 6.45) is 8.00. The fourth-order valence-electron chi connectivity index (χ4n) is 5.49. The van der Waals surface area contributed by atoms with Crippen LogP contribution in [0.25, 0.3) is 0 Å². The first kappa shape index (κ1) is 25.7. The number of hydrogen-bond donors (Lipinski definition) is 1. The first-order valence-electron chi connectivity index (χ1n) is 12.8. The zero-order valence-corrected chi connectivity index (χ0v) is 21.7. The maximum atomic E-state index is 13.4. The number of nitrogens with one attached hydrogen (secondary N) is 1. The van der Waals surface area contributed by atoms with Gasteiger partial charge in [-0.1, -0.05) is 34.1 Å². The van der Waals surface area contributed by atoms with Crippen molar-refractivity contribution in [1.82, 2.24) is 20.1 Å². The Hall–Kier alpha value is -1.95. The molecule has 4 atom stereocenters. The average molecular weight is 457 g/mol. The summed E-state index contributed by atoms with van der Waals surface area (Å²) < 4.78 is 0. The number of likely N-dealkylation sites (tertiary alicyclic amines) is 1. The van der Waals surface area contributed by atoms with E-state index >= 15 is 0 Å². The maximum absolute atomic E-state index is 13.4. The minimum Gasteiger partial charge on any atom is -0.340 e. The quantitative estimate of drug-likeness (QED) is 0.661. The largest absolute Gasteiger partial charge is 0.340 e. The molecule has 33 heavy (non-hydrogen) atoms. The van der Waals surface area contributed by atoms with E-state index in [4.69, 9.17) is 0 Å². The molecule has 3 rings (SSSR count). The van der Waals surface area contributed by atoms with Crippen molar-refractivity contribution in [3.8, 4) is 0 Å². The fraction of sp³-hybridized carbons (Fsp3) is 0.741. The molecule has 2 heterocycles. The number of pyridine rings is 1. The molecule has 1 aliphatic heterocycles. The molecule has 1 aromatic rings. The molecule has 2 aliphatic rings. The lowest BCUT2D eigenvalue weighted by atomic mass is 9.77. The molecule has 1 aromatic heterocycles. The van der Waals surface area contributed by atoms with E-state index in [9.17, 15) is 9.59 Å². The fourth-order valence-corrected chi connectivity index (χ4v) is 5.49. The Morgan fingerprint density at radius 1 is 1.27 bits per heavy atom. The van der Waals surface area contributed by atoms with Crippen LogP contribution in [0.1, 0.15) is 96.1 Å². The summed E-state index contributed by atoms with van der Waals surface area (Å²) in [7, 11) is 2.23. The van der Waals surface area contributed by atoms with E-state index in [1.165, 1.54) is 0 Å². The summed E-state index contributed by atoms with van der Waals surface area (Å²) >= 11 is 0. The first-order valence-corrected chi connectivity index (χ1v) is 12.8. The summed E-state index contributed by atoms with van der Waals surface area (Å²) in [6.45, 7) is 13.7. The molecule has 6 nitrogen and oxygen atoms in total. The Bertz CT molecular complexity index is 832. The molecule has 184 valence electrons. The predicted octanol–water partition coefficient (Wildman–Crippen LogP) is 4.39. The van der Waals surface area contributed by atoms with E-state index in [1.54, 1.807) is 12.3 Å². The van der Waals surface area contributed by atoms with Gasteiger partial charge in [0.25, 0.3) is 5.91 Å².